The van der Waals surface area contributed by atoms with Crippen LogP contribution in [0.15, 0.2) is 48.5 Å². The first kappa shape index (κ1) is 22.1. The molecule has 7 nitrogen and oxygen atoms in total. The van der Waals surface area contributed by atoms with Crippen molar-refractivity contribution in [3.63, 3.8) is 0 Å². The lowest BCUT2D eigenvalue weighted by atomic mass is 10.1. The minimum absolute atomic E-state index is 0.00155. The zero-order chi connectivity index (χ0) is 22.8. The van der Waals surface area contributed by atoms with Crippen LogP contribution in [0.3, 0.4) is 0 Å². The van der Waals surface area contributed by atoms with Gasteiger partial charge < -0.3 is 15.2 Å². The lowest BCUT2D eigenvalue weighted by Gasteiger charge is -2.29. The highest BCUT2D eigenvalue weighted by molar-refractivity contribution is 7.16. The van der Waals surface area contributed by atoms with Gasteiger partial charge in [-0.1, -0.05) is 23.7 Å². The Labute approximate surface area is 192 Å². The summed E-state index contributed by atoms with van der Waals surface area (Å²) in [5, 5.41) is 15.2. The van der Waals surface area contributed by atoms with Crippen LogP contribution in [-0.2, 0) is 11.3 Å². The SMILES string of the molecule is CNc1cc2c(cc1F)C(=O)N(c1ccc(CNC(C(=O)O)c3ccc(Cl)s3)cc1)CO2. The van der Waals surface area contributed by atoms with Gasteiger partial charge in [0.1, 0.15) is 17.6 Å². The quantitative estimate of drug-likeness (QED) is 0.466. The molecule has 1 unspecified atom stereocenters. The van der Waals surface area contributed by atoms with Crippen LogP contribution >= 0.6 is 22.9 Å². The molecule has 0 radical (unpaired) electrons. The summed E-state index contributed by atoms with van der Waals surface area (Å²) in [6.07, 6.45) is 0. The molecule has 3 N–H and O–H groups in total. The average Bonchev–Trinajstić information content (AvgIpc) is 3.20. The fourth-order valence-electron chi connectivity index (χ4n) is 3.37. The third kappa shape index (κ3) is 4.40. The van der Waals surface area contributed by atoms with Gasteiger partial charge in [0.05, 0.1) is 15.6 Å². The van der Waals surface area contributed by atoms with Crippen LogP contribution in [0, 0.1) is 5.82 Å². The molecule has 0 saturated carbocycles. The average molecular weight is 476 g/mol. The smallest absolute Gasteiger partial charge is 0.326 e. The minimum Gasteiger partial charge on any atom is -0.480 e. The second-order valence-electron chi connectivity index (χ2n) is 7.05. The van der Waals surface area contributed by atoms with Crippen molar-refractivity contribution in [3.05, 3.63) is 74.7 Å². The number of nitrogens with zero attached hydrogens (tertiary/aromatic N) is 1. The number of carbonyl (C=O) groups is 2. The monoisotopic (exact) mass is 475 g/mol. The summed E-state index contributed by atoms with van der Waals surface area (Å²) in [5.41, 5.74) is 1.82. The third-order valence-electron chi connectivity index (χ3n) is 5.05. The van der Waals surface area contributed by atoms with E-state index in [2.05, 4.69) is 10.6 Å². The summed E-state index contributed by atoms with van der Waals surface area (Å²) < 4.78 is 20.3. The van der Waals surface area contributed by atoms with Crippen LogP contribution in [0.4, 0.5) is 15.8 Å². The van der Waals surface area contributed by atoms with Crippen LogP contribution in [-0.4, -0.2) is 30.8 Å². The van der Waals surface area contributed by atoms with Gasteiger partial charge in [0.15, 0.2) is 6.73 Å². The molecule has 32 heavy (non-hydrogen) atoms. The van der Waals surface area contributed by atoms with Gasteiger partial charge in [-0.05, 0) is 35.9 Å². The zero-order valence-corrected chi connectivity index (χ0v) is 18.5. The number of halogens is 2. The van der Waals surface area contributed by atoms with Gasteiger partial charge >= 0.3 is 5.97 Å². The number of carbonyl (C=O) groups excluding carboxylic acids is 1. The number of rotatable bonds is 7. The molecule has 1 atom stereocenters. The molecule has 0 spiro atoms. The first-order chi connectivity index (χ1) is 15.4. The van der Waals surface area contributed by atoms with Gasteiger partial charge in [0.2, 0.25) is 0 Å². The van der Waals surface area contributed by atoms with Gasteiger partial charge in [0.25, 0.3) is 5.91 Å². The summed E-state index contributed by atoms with van der Waals surface area (Å²) in [5.74, 6) is -1.57. The van der Waals surface area contributed by atoms with Crippen LogP contribution in [0.1, 0.15) is 26.8 Å². The molecular weight excluding hydrogens is 457 g/mol. The lowest BCUT2D eigenvalue weighted by Crippen LogP contribution is -2.38. The maximum absolute atomic E-state index is 14.1. The summed E-state index contributed by atoms with van der Waals surface area (Å²) in [6.45, 7) is 0.302. The molecular formula is C22H19ClFN3O4S. The minimum atomic E-state index is -0.997. The first-order valence-corrected chi connectivity index (χ1v) is 10.8. The number of fused-ring (bicyclic) bond motifs is 1. The van der Waals surface area contributed by atoms with Gasteiger partial charge in [0, 0.05) is 30.2 Å². The molecule has 2 aromatic carbocycles. The van der Waals surface area contributed by atoms with Crippen molar-refractivity contribution in [2.75, 3.05) is 24.0 Å². The Bertz CT molecular complexity index is 1170. The number of ether oxygens (including phenoxy) is 1. The Hall–Kier alpha value is -3.14. The first-order valence-electron chi connectivity index (χ1n) is 9.63. The number of amides is 1. The number of benzene rings is 2. The molecule has 1 aliphatic rings. The van der Waals surface area contributed by atoms with Crippen LogP contribution in [0.2, 0.25) is 4.34 Å². The number of carboxylic acid groups (broad SMARTS) is 1. The van der Waals surface area contributed by atoms with Crippen molar-refractivity contribution >= 4 is 46.2 Å². The number of nitrogens with one attached hydrogen (secondary N) is 2. The molecule has 0 bridgehead atoms. The second-order valence-corrected chi connectivity index (χ2v) is 8.79. The lowest BCUT2D eigenvalue weighted by molar-refractivity contribution is -0.139. The van der Waals surface area contributed by atoms with Gasteiger partial charge in [-0.25, -0.2) is 4.39 Å². The van der Waals surface area contributed by atoms with Crippen molar-refractivity contribution in [1.82, 2.24) is 5.32 Å². The second kappa shape index (κ2) is 9.15. The van der Waals surface area contributed by atoms with Gasteiger partial charge in [-0.3, -0.25) is 19.8 Å². The van der Waals surface area contributed by atoms with Crippen molar-refractivity contribution in [3.8, 4) is 5.75 Å². The fraction of sp³-hybridized carbons (Fsp3) is 0.182. The summed E-state index contributed by atoms with van der Waals surface area (Å²) in [4.78, 5) is 26.5. The largest absolute Gasteiger partial charge is 0.480 e. The van der Waals surface area contributed by atoms with Gasteiger partial charge in [-0.2, -0.15) is 0 Å². The zero-order valence-electron chi connectivity index (χ0n) is 16.9. The van der Waals surface area contributed by atoms with Crippen molar-refractivity contribution < 1.29 is 23.8 Å². The molecule has 0 aliphatic carbocycles. The molecule has 166 valence electrons. The molecule has 3 aromatic rings. The highest BCUT2D eigenvalue weighted by Crippen LogP contribution is 2.33. The summed E-state index contributed by atoms with van der Waals surface area (Å²) in [7, 11) is 1.59. The number of hydrogen-bond acceptors (Lipinski definition) is 6. The Morgan fingerprint density at radius 1 is 1.28 bits per heavy atom. The van der Waals surface area contributed by atoms with E-state index < -0.39 is 17.8 Å². The van der Waals surface area contributed by atoms with Crippen molar-refractivity contribution in [1.29, 1.82) is 0 Å². The van der Waals surface area contributed by atoms with E-state index >= 15 is 0 Å². The van der Waals surface area contributed by atoms with Crippen molar-refractivity contribution in [2.45, 2.75) is 12.6 Å². The Kier molecular flexibility index (Phi) is 6.31. The normalized spacial score (nSPS) is 14.0. The van der Waals surface area contributed by atoms with Crippen LogP contribution in [0.5, 0.6) is 5.75 Å². The topological polar surface area (TPSA) is 90.9 Å². The molecule has 1 aromatic heterocycles. The molecule has 10 heteroatoms. The van der Waals surface area contributed by atoms with E-state index in [4.69, 9.17) is 16.3 Å². The van der Waals surface area contributed by atoms with Crippen LogP contribution < -0.4 is 20.3 Å². The van der Waals surface area contributed by atoms with Crippen LogP contribution in [0.25, 0.3) is 0 Å². The highest BCUT2D eigenvalue weighted by atomic mass is 35.5. The maximum atomic E-state index is 14.1. The fourth-order valence-corrected chi connectivity index (χ4v) is 4.50. The Balaban J connectivity index is 1.46. The summed E-state index contributed by atoms with van der Waals surface area (Å²) in [6, 6.07) is 12.1. The van der Waals surface area contributed by atoms with E-state index in [9.17, 15) is 19.1 Å². The molecule has 1 aliphatic heterocycles. The standard InChI is InChI=1S/C22H19ClFN3O4S/c1-25-16-9-17-14(8-15(16)24)21(28)27(11-31-17)13-4-2-12(3-5-13)10-26-20(22(29)30)18-6-7-19(23)32-18/h2-9,20,25-26H,10-11H2,1H3,(H,29,30). The number of thiophene rings is 1. The predicted molar refractivity (Wildman–Crippen MR) is 121 cm³/mol. The molecule has 0 saturated heterocycles. The molecule has 4 rings (SSSR count). The molecule has 1 amide bonds. The van der Waals surface area contributed by atoms with E-state index in [1.165, 1.54) is 22.3 Å². The van der Waals surface area contributed by atoms with E-state index in [1.54, 1.807) is 43.4 Å². The van der Waals surface area contributed by atoms with E-state index in [-0.39, 0.29) is 23.9 Å². The molecule has 0 fully saturated rings. The van der Waals surface area contributed by atoms with Gasteiger partial charge in [-0.15, -0.1) is 11.3 Å². The maximum Gasteiger partial charge on any atom is 0.326 e. The molecule has 2 heterocycles. The number of carboxylic acids is 1. The Morgan fingerprint density at radius 2 is 2.03 bits per heavy atom. The third-order valence-corrected chi connectivity index (χ3v) is 6.34. The van der Waals surface area contributed by atoms with E-state index in [0.29, 0.717) is 27.2 Å². The highest BCUT2D eigenvalue weighted by Gasteiger charge is 2.28. The predicted octanol–water partition coefficient (Wildman–Crippen LogP) is 4.49. The van der Waals surface area contributed by atoms with E-state index in [0.717, 1.165) is 11.6 Å². The number of anilines is 2. The number of hydrogen-bond donors (Lipinski definition) is 3. The number of aliphatic carboxylic acids is 1. The summed E-state index contributed by atoms with van der Waals surface area (Å²) >= 11 is 7.13. The van der Waals surface area contributed by atoms with Crippen molar-refractivity contribution in [2.24, 2.45) is 0 Å². The Morgan fingerprint density at radius 3 is 2.66 bits per heavy atom. The van der Waals surface area contributed by atoms with E-state index in [1.807, 2.05) is 0 Å².